The first-order valence-corrected chi connectivity index (χ1v) is 7.73. The van der Waals surface area contributed by atoms with Gasteiger partial charge in [-0.3, -0.25) is 0 Å². The lowest BCUT2D eigenvalue weighted by atomic mass is 10.0. The van der Waals surface area contributed by atoms with E-state index in [-0.39, 0.29) is 5.56 Å². The minimum absolute atomic E-state index is 0.282. The lowest BCUT2D eigenvalue weighted by Gasteiger charge is -2.05. The van der Waals surface area contributed by atoms with Crippen LogP contribution in [0.4, 0.5) is 5.82 Å². The third-order valence-corrected chi connectivity index (χ3v) is 4.02. The highest BCUT2D eigenvalue weighted by Crippen LogP contribution is 2.25. The van der Waals surface area contributed by atoms with Gasteiger partial charge in [0, 0.05) is 11.0 Å². The van der Waals surface area contributed by atoms with E-state index in [4.69, 9.17) is 9.63 Å². The molecule has 0 atom stereocenters. The summed E-state index contributed by atoms with van der Waals surface area (Å²) in [7, 11) is 0. The zero-order valence-corrected chi connectivity index (χ0v) is 13.1. The van der Waals surface area contributed by atoms with Gasteiger partial charge in [0.05, 0.1) is 5.56 Å². The average Bonchev–Trinajstić information content (AvgIpc) is 2.99. The lowest BCUT2D eigenvalue weighted by molar-refractivity contribution is 0.0697. The number of anilines is 1. The monoisotopic (exact) mass is 326 g/mol. The van der Waals surface area contributed by atoms with Crippen LogP contribution in [-0.2, 0) is 0 Å². The smallest absolute Gasteiger partial charge is 0.335 e. The van der Waals surface area contributed by atoms with Crippen LogP contribution in [0.1, 0.15) is 16.1 Å². The zero-order chi connectivity index (χ0) is 16.2. The molecule has 3 rings (SSSR count). The van der Waals surface area contributed by atoms with Gasteiger partial charge in [0.1, 0.15) is 5.76 Å². The van der Waals surface area contributed by atoms with E-state index in [1.807, 2.05) is 43.3 Å². The van der Waals surface area contributed by atoms with Crippen LogP contribution in [0.15, 0.2) is 64.0 Å². The molecule has 1 heterocycles. The van der Waals surface area contributed by atoms with Crippen molar-refractivity contribution >= 4 is 23.7 Å². The van der Waals surface area contributed by atoms with Crippen molar-refractivity contribution in [3.63, 3.8) is 0 Å². The van der Waals surface area contributed by atoms with Crippen LogP contribution in [-0.4, -0.2) is 16.2 Å². The third-order valence-electron chi connectivity index (χ3n) is 3.20. The number of hydrogen-bond acceptors (Lipinski definition) is 5. The summed E-state index contributed by atoms with van der Waals surface area (Å²) < 4.78 is 8.09. The van der Waals surface area contributed by atoms with Gasteiger partial charge in [-0.2, -0.15) is 0 Å². The molecule has 116 valence electrons. The normalized spacial score (nSPS) is 10.5. The van der Waals surface area contributed by atoms with E-state index in [0.29, 0.717) is 5.82 Å². The Morgan fingerprint density at radius 2 is 1.91 bits per heavy atom. The van der Waals surface area contributed by atoms with Crippen LogP contribution in [0.2, 0.25) is 0 Å². The van der Waals surface area contributed by atoms with E-state index < -0.39 is 5.97 Å². The van der Waals surface area contributed by atoms with E-state index >= 15 is 0 Å². The van der Waals surface area contributed by atoms with Crippen LogP contribution >= 0.6 is 11.9 Å². The fourth-order valence-corrected chi connectivity index (χ4v) is 2.66. The minimum atomic E-state index is -0.925. The molecule has 3 aromatic rings. The quantitative estimate of drug-likeness (QED) is 0.674. The Hall–Kier alpha value is -2.73. The number of nitrogens with zero attached hydrogens (tertiary/aromatic N) is 1. The summed E-state index contributed by atoms with van der Waals surface area (Å²) >= 11 is 1.43. The summed E-state index contributed by atoms with van der Waals surface area (Å²) in [6.45, 7) is 1.84. The van der Waals surface area contributed by atoms with Gasteiger partial charge in [0.25, 0.3) is 0 Å². The van der Waals surface area contributed by atoms with Crippen molar-refractivity contribution in [2.45, 2.75) is 11.8 Å². The molecule has 23 heavy (non-hydrogen) atoms. The fraction of sp³-hybridized carbons (Fsp3) is 0.0588. The number of aromatic nitrogens is 1. The number of aromatic carboxylic acids is 1. The molecule has 6 heteroatoms. The predicted molar refractivity (Wildman–Crippen MR) is 89.6 cm³/mol. The number of aryl methyl sites for hydroxylation is 1. The van der Waals surface area contributed by atoms with Crippen LogP contribution in [0.5, 0.6) is 0 Å². The van der Waals surface area contributed by atoms with Crippen LogP contribution in [0.3, 0.4) is 0 Å². The number of rotatable bonds is 5. The summed E-state index contributed by atoms with van der Waals surface area (Å²) in [5.41, 5.74) is 2.13. The fourth-order valence-electron chi connectivity index (χ4n) is 2.07. The molecule has 0 unspecified atom stereocenters. The maximum Gasteiger partial charge on any atom is 0.335 e. The molecule has 5 nitrogen and oxygen atoms in total. The largest absolute Gasteiger partial charge is 0.478 e. The molecule has 0 fully saturated rings. The van der Waals surface area contributed by atoms with Crippen molar-refractivity contribution in [1.29, 1.82) is 0 Å². The zero-order valence-electron chi connectivity index (χ0n) is 12.3. The van der Waals surface area contributed by atoms with Crippen molar-refractivity contribution in [2.75, 3.05) is 4.72 Å². The molecule has 0 aliphatic heterocycles. The Bertz CT molecular complexity index is 828. The molecule has 0 saturated heterocycles. The Labute approximate surface area is 137 Å². The number of hydrogen-bond donors (Lipinski definition) is 2. The summed E-state index contributed by atoms with van der Waals surface area (Å²) in [5.74, 6) is 0.499. The van der Waals surface area contributed by atoms with Gasteiger partial charge >= 0.3 is 5.97 Å². The van der Waals surface area contributed by atoms with E-state index in [1.54, 1.807) is 18.2 Å². The first kappa shape index (κ1) is 15.2. The van der Waals surface area contributed by atoms with Gasteiger partial charge in [-0.15, -0.1) is 0 Å². The number of carboxylic acids is 1. The molecule has 0 spiro atoms. The summed E-state index contributed by atoms with van der Waals surface area (Å²) in [5, 5.41) is 12.9. The molecule has 0 aliphatic carbocycles. The molecular weight excluding hydrogens is 312 g/mol. The molecular formula is C17H14N2O3S. The third kappa shape index (κ3) is 3.73. The highest BCUT2D eigenvalue weighted by atomic mass is 32.2. The van der Waals surface area contributed by atoms with E-state index in [2.05, 4.69) is 9.88 Å². The van der Waals surface area contributed by atoms with Gasteiger partial charge in [0.2, 0.25) is 0 Å². The number of carboxylic acid groups (broad SMARTS) is 1. The predicted octanol–water partition coefficient (Wildman–Crippen LogP) is 4.47. The second-order valence-electron chi connectivity index (χ2n) is 4.94. The molecule has 0 saturated carbocycles. The first-order chi connectivity index (χ1) is 11.1. The van der Waals surface area contributed by atoms with Gasteiger partial charge in [-0.1, -0.05) is 29.4 Å². The number of carbonyl (C=O) groups is 1. The summed E-state index contributed by atoms with van der Waals surface area (Å²) in [6.07, 6.45) is 0. The van der Waals surface area contributed by atoms with Crippen LogP contribution in [0.25, 0.3) is 11.1 Å². The summed E-state index contributed by atoms with van der Waals surface area (Å²) in [4.78, 5) is 12.1. The average molecular weight is 326 g/mol. The molecule has 2 aromatic carbocycles. The molecule has 0 aliphatic rings. The van der Waals surface area contributed by atoms with Crippen LogP contribution < -0.4 is 4.72 Å². The molecule has 0 amide bonds. The number of benzene rings is 2. The highest BCUT2D eigenvalue weighted by molar-refractivity contribution is 8.00. The maximum absolute atomic E-state index is 11.0. The van der Waals surface area contributed by atoms with Crippen molar-refractivity contribution in [2.24, 2.45) is 0 Å². The van der Waals surface area contributed by atoms with Gasteiger partial charge in [-0.25, -0.2) is 4.79 Å². The topological polar surface area (TPSA) is 75.4 Å². The Morgan fingerprint density at radius 1 is 1.13 bits per heavy atom. The highest BCUT2D eigenvalue weighted by Gasteiger charge is 2.05. The van der Waals surface area contributed by atoms with E-state index in [1.165, 1.54) is 11.9 Å². The Kier molecular flexibility index (Phi) is 4.34. The molecule has 0 radical (unpaired) electrons. The van der Waals surface area contributed by atoms with Gasteiger partial charge in [0.15, 0.2) is 5.82 Å². The number of nitrogens with one attached hydrogen (secondary N) is 1. The first-order valence-electron chi connectivity index (χ1n) is 6.92. The van der Waals surface area contributed by atoms with E-state index in [0.717, 1.165) is 21.8 Å². The van der Waals surface area contributed by atoms with Gasteiger partial charge in [-0.05, 0) is 54.3 Å². The maximum atomic E-state index is 11.0. The van der Waals surface area contributed by atoms with E-state index in [9.17, 15) is 4.79 Å². The van der Waals surface area contributed by atoms with Crippen LogP contribution in [0, 0.1) is 6.92 Å². The van der Waals surface area contributed by atoms with Crippen molar-refractivity contribution < 1.29 is 14.4 Å². The van der Waals surface area contributed by atoms with Crippen molar-refractivity contribution in [3.8, 4) is 11.1 Å². The van der Waals surface area contributed by atoms with Gasteiger partial charge < -0.3 is 14.4 Å². The second kappa shape index (κ2) is 6.58. The summed E-state index contributed by atoms with van der Waals surface area (Å²) in [6, 6.07) is 16.6. The molecule has 0 bridgehead atoms. The standard InChI is InChI=1S/C17H14N2O3S/c1-11-9-16(18-22-11)19-23-15-7-5-12(6-8-15)13-3-2-4-14(10-13)17(20)21/h2-10H,1H3,(H,18,19)(H,20,21). The second-order valence-corrected chi connectivity index (χ2v) is 5.82. The Balaban J connectivity index is 1.71. The molecule has 2 N–H and O–H groups in total. The van der Waals surface area contributed by atoms with Crippen molar-refractivity contribution in [1.82, 2.24) is 5.16 Å². The minimum Gasteiger partial charge on any atom is -0.478 e. The molecule has 1 aromatic heterocycles. The SMILES string of the molecule is Cc1cc(NSc2ccc(-c3cccc(C(=O)O)c3)cc2)no1. The lowest BCUT2D eigenvalue weighted by Crippen LogP contribution is -1.95. The Morgan fingerprint density at radius 3 is 2.57 bits per heavy atom. The van der Waals surface area contributed by atoms with Crippen molar-refractivity contribution in [3.05, 3.63) is 65.9 Å².